The SMILES string of the molecule is C=CC(=O)NC(C)(C)CNC(=O)[C@H]1C[C@@H]1C. The van der Waals surface area contributed by atoms with E-state index in [4.69, 9.17) is 0 Å². The predicted molar refractivity (Wildman–Crippen MR) is 62.7 cm³/mol. The van der Waals surface area contributed by atoms with Gasteiger partial charge in [-0.15, -0.1) is 0 Å². The van der Waals surface area contributed by atoms with Crippen LogP contribution < -0.4 is 10.6 Å². The average molecular weight is 224 g/mol. The molecule has 1 rings (SSSR count). The molecular weight excluding hydrogens is 204 g/mol. The fourth-order valence-electron chi connectivity index (χ4n) is 1.56. The molecule has 1 fully saturated rings. The highest BCUT2D eigenvalue weighted by Crippen LogP contribution is 2.37. The first kappa shape index (κ1) is 12.7. The Balaban J connectivity index is 2.32. The van der Waals surface area contributed by atoms with E-state index in [0.717, 1.165) is 6.42 Å². The minimum absolute atomic E-state index is 0.0911. The first-order valence-corrected chi connectivity index (χ1v) is 5.58. The fourth-order valence-corrected chi connectivity index (χ4v) is 1.56. The summed E-state index contributed by atoms with van der Waals surface area (Å²) in [6.45, 7) is 9.62. The Bertz CT molecular complexity index is 310. The highest BCUT2D eigenvalue weighted by atomic mass is 16.2. The van der Waals surface area contributed by atoms with E-state index in [9.17, 15) is 9.59 Å². The van der Waals surface area contributed by atoms with Crippen molar-refractivity contribution in [1.29, 1.82) is 0 Å². The monoisotopic (exact) mass is 224 g/mol. The zero-order chi connectivity index (χ0) is 12.3. The molecule has 0 saturated heterocycles. The Kier molecular flexibility index (Phi) is 3.73. The molecule has 90 valence electrons. The summed E-state index contributed by atoms with van der Waals surface area (Å²) in [4.78, 5) is 22.7. The van der Waals surface area contributed by atoms with Gasteiger partial charge in [0.05, 0.1) is 5.54 Å². The predicted octanol–water partition coefficient (Wildman–Crippen LogP) is 0.839. The molecule has 0 radical (unpaired) electrons. The van der Waals surface area contributed by atoms with Crippen LogP contribution in [0.4, 0.5) is 0 Å². The molecule has 4 nitrogen and oxygen atoms in total. The van der Waals surface area contributed by atoms with E-state index < -0.39 is 5.54 Å². The highest BCUT2D eigenvalue weighted by Gasteiger charge is 2.39. The third-order valence-corrected chi connectivity index (χ3v) is 2.80. The van der Waals surface area contributed by atoms with E-state index in [1.165, 1.54) is 6.08 Å². The van der Waals surface area contributed by atoms with Gasteiger partial charge in [-0.2, -0.15) is 0 Å². The molecule has 0 heterocycles. The van der Waals surface area contributed by atoms with Crippen LogP contribution in [0, 0.1) is 11.8 Å². The van der Waals surface area contributed by atoms with Crippen LogP contribution in [0.25, 0.3) is 0 Å². The van der Waals surface area contributed by atoms with Crippen molar-refractivity contribution in [3.8, 4) is 0 Å². The van der Waals surface area contributed by atoms with Crippen LogP contribution in [0.3, 0.4) is 0 Å². The van der Waals surface area contributed by atoms with E-state index in [2.05, 4.69) is 24.1 Å². The average Bonchev–Trinajstić information content (AvgIpc) is 2.91. The quantitative estimate of drug-likeness (QED) is 0.680. The van der Waals surface area contributed by atoms with Crippen molar-refractivity contribution in [1.82, 2.24) is 10.6 Å². The van der Waals surface area contributed by atoms with Crippen molar-refractivity contribution in [2.75, 3.05) is 6.54 Å². The molecule has 1 aliphatic rings. The molecule has 0 aromatic heterocycles. The van der Waals surface area contributed by atoms with Gasteiger partial charge in [0.1, 0.15) is 0 Å². The second-order valence-electron chi connectivity index (χ2n) is 5.11. The van der Waals surface area contributed by atoms with E-state index >= 15 is 0 Å². The van der Waals surface area contributed by atoms with Crippen molar-refractivity contribution in [2.24, 2.45) is 11.8 Å². The van der Waals surface area contributed by atoms with Crippen molar-refractivity contribution in [3.05, 3.63) is 12.7 Å². The largest absolute Gasteiger partial charge is 0.354 e. The Morgan fingerprint density at radius 2 is 2.06 bits per heavy atom. The molecule has 0 aromatic carbocycles. The molecule has 0 aliphatic heterocycles. The van der Waals surface area contributed by atoms with E-state index in [-0.39, 0.29) is 17.7 Å². The first-order chi connectivity index (χ1) is 7.35. The maximum atomic E-state index is 11.6. The van der Waals surface area contributed by atoms with Gasteiger partial charge in [0, 0.05) is 12.5 Å². The van der Waals surface area contributed by atoms with Crippen molar-refractivity contribution in [2.45, 2.75) is 32.7 Å². The third kappa shape index (κ3) is 3.68. The van der Waals surface area contributed by atoms with Crippen LogP contribution in [0.1, 0.15) is 27.2 Å². The van der Waals surface area contributed by atoms with Gasteiger partial charge in [0.25, 0.3) is 0 Å². The molecule has 0 bridgehead atoms. The maximum absolute atomic E-state index is 11.6. The summed E-state index contributed by atoms with van der Waals surface area (Å²) in [5.74, 6) is 0.546. The van der Waals surface area contributed by atoms with Crippen LogP contribution in [-0.4, -0.2) is 23.9 Å². The van der Waals surface area contributed by atoms with Crippen LogP contribution >= 0.6 is 0 Å². The van der Waals surface area contributed by atoms with Gasteiger partial charge in [-0.05, 0) is 32.3 Å². The summed E-state index contributed by atoms with van der Waals surface area (Å²) in [5, 5.41) is 5.62. The fraction of sp³-hybridized carbons (Fsp3) is 0.667. The molecule has 1 aliphatic carbocycles. The summed E-state index contributed by atoms with van der Waals surface area (Å²) in [6, 6.07) is 0. The zero-order valence-electron chi connectivity index (χ0n) is 10.2. The number of amides is 2. The van der Waals surface area contributed by atoms with Gasteiger partial charge in [-0.1, -0.05) is 13.5 Å². The standard InChI is InChI=1S/C12H20N2O2/c1-5-10(15)14-12(3,4)7-13-11(16)9-6-8(9)2/h5,8-9H,1,6-7H2,2-4H3,(H,13,16)(H,14,15)/t8-,9-/m0/s1. The topological polar surface area (TPSA) is 58.2 Å². The number of carbonyl (C=O) groups excluding carboxylic acids is 2. The Morgan fingerprint density at radius 3 is 2.50 bits per heavy atom. The number of hydrogen-bond donors (Lipinski definition) is 2. The highest BCUT2D eigenvalue weighted by molar-refractivity contribution is 5.87. The molecule has 4 heteroatoms. The van der Waals surface area contributed by atoms with Gasteiger partial charge in [-0.3, -0.25) is 9.59 Å². The van der Waals surface area contributed by atoms with Crippen LogP contribution in [0.15, 0.2) is 12.7 Å². The lowest BCUT2D eigenvalue weighted by Gasteiger charge is -2.25. The molecule has 2 N–H and O–H groups in total. The van der Waals surface area contributed by atoms with Gasteiger partial charge in [-0.25, -0.2) is 0 Å². The zero-order valence-corrected chi connectivity index (χ0v) is 10.2. The number of nitrogens with one attached hydrogen (secondary N) is 2. The Hall–Kier alpha value is -1.32. The Morgan fingerprint density at radius 1 is 1.50 bits per heavy atom. The molecular formula is C12H20N2O2. The molecule has 0 aromatic rings. The first-order valence-electron chi connectivity index (χ1n) is 5.58. The number of hydrogen-bond acceptors (Lipinski definition) is 2. The van der Waals surface area contributed by atoms with E-state index in [1.807, 2.05) is 13.8 Å². The summed E-state index contributed by atoms with van der Waals surface area (Å²) in [5.41, 5.74) is -0.445. The Labute approximate surface area is 96.5 Å². The normalized spacial score (nSPS) is 23.4. The smallest absolute Gasteiger partial charge is 0.243 e. The van der Waals surface area contributed by atoms with Crippen molar-refractivity contribution >= 4 is 11.8 Å². The minimum Gasteiger partial charge on any atom is -0.354 e. The lowest BCUT2D eigenvalue weighted by atomic mass is 10.1. The van der Waals surface area contributed by atoms with Crippen molar-refractivity contribution in [3.63, 3.8) is 0 Å². The van der Waals surface area contributed by atoms with Gasteiger partial charge >= 0.3 is 0 Å². The number of rotatable bonds is 5. The second-order valence-corrected chi connectivity index (χ2v) is 5.11. The second kappa shape index (κ2) is 4.68. The summed E-state index contributed by atoms with van der Waals surface area (Å²) >= 11 is 0. The molecule has 2 atom stereocenters. The maximum Gasteiger partial charge on any atom is 0.243 e. The van der Waals surface area contributed by atoms with Gasteiger partial charge in [0.2, 0.25) is 11.8 Å². The van der Waals surface area contributed by atoms with Crippen molar-refractivity contribution < 1.29 is 9.59 Å². The van der Waals surface area contributed by atoms with Gasteiger partial charge in [0.15, 0.2) is 0 Å². The van der Waals surface area contributed by atoms with Crippen LogP contribution in [0.5, 0.6) is 0 Å². The molecule has 2 amide bonds. The molecule has 0 unspecified atom stereocenters. The minimum atomic E-state index is -0.445. The molecule has 0 spiro atoms. The number of carbonyl (C=O) groups is 2. The lowest BCUT2D eigenvalue weighted by molar-refractivity contribution is -0.123. The summed E-state index contributed by atoms with van der Waals surface area (Å²) in [7, 11) is 0. The third-order valence-electron chi connectivity index (χ3n) is 2.80. The van der Waals surface area contributed by atoms with Crippen LogP contribution in [-0.2, 0) is 9.59 Å². The van der Waals surface area contributed by atoms with Gasteiger partial charge < -0.3 is 10.6 Å². The summed E-state index contributed by atoms with van der Waals surface area (Å²) in [6.07, 6.45) is 2.21. The van der Waals surface area contributed by atoms with E-state index in [1.54, 1.807) is 0 Å². The molecule has 16 heavy (non-hydrogen) atoms. The molecule has 1 saturated carbocycles. The summed E-state index contributed by atoms with van der Waals surface area (Å²) < 4.78 is 0. The van der Waals surface area contributed by atoms with Crippen LogP contribution in [0.2, 0.25) is 0 Å². The lowest BCUT2D eigenvalue weighted by Crippen LogP contribution is -2.51. The van der Waals surface area contributed by atoms with E-state index in [0.29, 0.717) is 12.5 Å².